The summed E-state index contributed by atoms with van der Waals surface area (Å²) in [5.41, 5.74) is 0. The number of rotatable bonds is 20. The highest BCUT2D eigenvalue weighted by molar-refractivity contribution is 5.69. The first kappa shape index (κ1) is 29.5. The summed E-state index contributed by atoms with van der Waals surface area (Å²) in [7, 11) is 5.84. The zero-order valence-electron chi connectivity index (χ0n) is 19.8. The Bertz CT molecular complexity index is 503. The van der Waals surface area contributed by atoms with E-state index in [1.54, 1.807) is 0 Å². The number of hydrogen-bond donors (Lipinski definition) is 1. The van der Waals surface area contributed by atoms with Gasteiger partial charge in [-0.15, -0.1) is 0 Å². The third-order valence-corrected chi connectivity index (χ3v) is 4.47. The second kappa shape index (κ2) is 18.1. The largest absolute Gasteiger partial charge is 0.545 e. The molecule has 0 aromatic carbocycles. The second-order valence-electron chi connectivity index (χ2n) is 8.77. The number of carboxylic acids is 1. The number of carboxylic acid groups (broad SMARTS) is 1. The molecule has 0 aromatic rings. The third kappa shape index (κ3) is 20.2. The van der Waals surface area contributed by atoms with Gasteiger partial charge in [0.2, 0.25) is 0 Å². The van der Waals surface area contributed by atoms with E-state index in [9.17, 15) is 19.8 Å². The molecule has 0 amide bonds. The predicted molar refractivity (Wildman–Crippen MR) is 117 cm³/mol. The fourth-order valence-corrected chi connectivity index (χ4v) is 2.59. The fourth-order valence-electron chi connectivity index (χ4n) is 2.59. The van der Waals surface area contributed by atoms with Crippen molar-refractivity contribution in [1.29, 1.82) is 0 Å². The van der Waals surface area contributed by atoms with Crippen LogP contribution >= 0.6 is 0 Å². The Hall–Kier alpha value is -1.48. The van der Waals surface area contributed by atoms with Gasteiger partial charge >= 0.3 is 5.97 Å². The van der Waals surface area contributed by atoms with Crippen molar-refractivity contribution in [2.24, 2.45) is 0 Å². The minimum Gasteiger partial charge on any atom is -0.545 e. The Morgan fingerprint density at radius 3 is 2.26 bits per heavy atom. The number of unbranched alkanes of at least 4 members (excludes halogenated alkanes) is 6. The summed E-state index contributed by atoms with van der Waals surface area (Å²) in [6, 6.07) is 0. The van der Waals surface area contributed by atoms with Gasteiger partial charge in [0, 0.05) is 6.42 Å². The van der Waals surface area contributed by atoms with Gasteiger partial charge in [0.25, 0.3) is 0 Å². The number of carbonyl (C=O) groups is 2. The minimum atomic E-state index is -1.57. The second-order valence-corrected chi connectivity index (χ2v) is 8.77. The number of hydrogen-bond acceptors (Lipinski definition) is 7. The van der Waals surface area contributed by atoms with Gasteiger partial charge in [-0.05, 0) is 25.7 Å². The monoisotopic (exact) mass is 445 g/mol. The minimum absolute atomic E-state index is 0.169. The van der Waals surface area contributed by atoms with Gasteiger partial charge in [0.1, 0.15) is 19.3 Å². The van der Waals surface area contributed by atoms with Crippen LogP contribution in [0, 0.1) is 0 Å². The summed E-state index contributed by atoms with van der Waals surface area (Å²) in [5.74, 6) is -1.89. The van der Waals surface area contributed by atoms with E-state index in [-0.39, 0.29) is 25.8 Å². The molecule has 0 radical (unpaired) electrons. The van der Waals surface area contributed by atoms with Gasteiger partial charge in [-0.2, -0.15) is 0 Å². The van der Waals surface area contributed by atoms with Crippen LogP contribution in [0.4, 0.5) is 0 Å². The average Bonchev–Trinajstić information content (AvgIpc) is 2.69. The molecular weight excluding hydrogens is 402 g/mol. The molecule has 182 valence electrons. The quantitative estimate of drug-likeness (QED) is 0.100. The van der Waals surface area contributed by atoms with Crippen molar-refractivity contribution in [1.82, 2.24) is 0 Å². The van der Waals surface area contributed by atoms with Gasteiger partial charge in [-0.1, -0.05) is 44.8 Å². The van der Waals surface area contributed by atoms with E-state index in [2.05, 4.69) is 19.1 Å². The Morgan fingerprint density at radius 1 is 0.968 bits per heavy atom. The van der Waals surface area contributed by atoms with E-state index in [0.29, 0.717) is 17.4 Å². The first-order valence-corrected chi connectivity index (χ1v) is 11.4. The molecule has 0 saturated carbocycles. The van der Waals surface area contributed by atoms with Crippen molar-refractivity contribution in [2.75, 3.05) is 47.5 Å². The van der Waals surface area contributed by atoms with Crippen LogP contribution in [0.2, 0.25) is 0 Å². The lowest BCUT2D eigenvalue weighted by atomic mass is 10.1. The molecule has 0 aliphatic carbocycles. The SMILES string of the molecule is CCC/C=C\CCCCCCCC(=O)OCC(O)COC(OCC[N+](C)(C)C)C(=O)[O-]. The van der Waals surface area contributed by atoms with Crippen LogP contribution in [-0.2, 0) is 23.8 Å². The maximum atomic E-state index is 11.8. The van der Waals surface area contributed by atoms with Crippen molar-refractivity contribution in [3.63, 3.8) is 0 Å². The Balaban J connectivity index is 3.79. The number of aliphatic hydroxyl groups excluding tert-OH is 1. The molecule has 8 heteroatoms. The maximum absolute atomic E-state index is 11.8. The molecule has 0 saturated heterocycles. The van der Waals surface area contributed by atoms with E-state index in [4.69, 9.17) is 14.2 Å². The van der Waals surface area contributed by atoms with E-state index in [0.717, 1.165) is 38.5 Å². The summed E-state index contributed by atoms with van der Waals surface area (Å²) in [6.45, 7) is 2.34. The molecule has 31 heavy (non-hydrogen) atoms. The summed E-state index contributed by atoms with van der Waals surface area (Å²) < 4.78 is 15.8. The molecule has 2 unspecified atom stereocenters. The molecule has 0 heterocycles. The molecule has 0 rings (SSSR count). The molecule has 0 spiro atoms. The number of nitrogens with zero attached hydrogens (tertiary/aromatic N) is 1. The Morgan fingerprint density at radius 2 is 1.61 bits per heavy atom. The molecule has 0 fully saturated rings. The van der Waals surface area contributed by atoms with E-state index >= 15 is 0 Å². The van der Waals surface area contributed by atoms with E-state index in [1.807, 2.05) is 21.1 Å². The zero-order chi connectivity index (χ0) is 23.5. The Labute approximate surface area is 187 Å². The number of quaternary nitrogens is 1. The smallest absolute Gasteiger partial charge is 0.305 e. The number of allylic oxidation sites excluding steroid dienone is 2. The molecule has 0 bridgehead atoms. The number of esters is 1. The Kier molecular flexibility index (Phi) is 17.3. The van der Waals surface area contributed by atoms with Gasteiger partial charge < -0.3 is 33.7 Å². The van der Waals surface area contributed by atoms with Crippen LogP contribution in [0.1, 0.15) is 64.7 Å². The van der Waals surface area contributed by atoms with Gasteiger partial charge in [-0.25, -0.2) is 0 Å². The topological polar surface area (TPSA) is 105 Å². The van der Waals surface area contributed by atoms with E-state index in [1.165, 1.54) is 12.8 Å². The lowest BCUT2D eigenvalue weighted by Crippen LogP contribution is -2.44. The number of likely N-dealkylation sites (N-methyl/N-ethyl adjacent to an activating group) is 1. The average molecular weight is 446 g/mol. The molecule has 0 aliphatic rings. The van der Waals surface area contributed by atoms with Crippen LogP contribution in [0.3, 0.4) is 0 Å². The lowest BCUT2D eigenvalue weighted by Gasteiger charge is -2.26. The summed E-state index contributed by atoms with van der Waals surface area (Å²) in [4.78, 5) is 22.8. The van der Waals surface area contributed by atoms with Crippen molar-refractivity contribution in [3.05, 3.63) is 12.2 Å². The maximum Gasteiger partial charge on any atom is 0.305 e. The highest BCUT2D eigenvalue weighted by Gasteiger charge is 2.17. The highest BCUT2D eigenvalue weighted by Crippen LogP contribution is 2.09. The van der Waals surface area contributed by atoms with Gasteiger partial charge in [-0.3, -0.25) is 4.79 Å². The van der Waals surface area contributed by atoms with Crippen molar-refractivity contribution < 1.29 is 38.5 Å². The zero-order valence-corrected chi connectivity index (χ0v) is 19.8. The van der Waals surface area contributed by atoms with Crippen molar-refractivity contribution >= 4 is 11.9 Å². The van der Waals surface area contributed by atoms with Gasteiger partial charge in [0.05, 0.1) is 40.3 Å². The van der Waals surface area contributed by atoms with Gasteiger partial charge in [0.15, 0.2) is 6.29 Å². The first-order valence-electron chi connectivity index (χ1n) is 11.4. The fraction of sp³-hybridized carbons (Fsp3) is 0.826. The molecule has 2 atom stereocenters. The van der Waals surface area contributed by atoms with Crippen LogP contribution in [0.15, 0.2) is 12.2 Å². The number of aliphatic hydroxyl groups is 1. The van der Waals surface area contributed by atoms with Crippen molar-refractivity contribution in [2.45, 2.75) is 77.1 Å². The van der Waals surface area contributed by atoms with E-state index < -0.39 is 18.4 Å². The molecule has 0 aromatic heterocycles. The normalized spacial score (nSPS) is 14.0. The lowest BCUT2D eigenvalue weighted by molar-refractivity contribution is -0.870. The molecule has 1 N–H and O–H groups in total. The van der Waals surface area contributed by atoms with Crippen LogP contribution in [0.25, 0.3) is 0 Å². The summed E-state index contributed by atoms with van der Waals surface area (Å²) >= 11 is 0. The predicted octanol–water partition coefficient (Wildman–Crippen LogP) is 1.79. The molecule has 8 nitrogen and oxygen atoms in total. The van der Waals surface area contributed by atoms with Crippen LogP contribution in [-0.4, -0.2) is 81.4 Å². The van der Waals surface area contributed by atoms with Crippen molar-refractivity contribution in [3.8, 4) is 0 Å². The summed E-state index contributed by atoms with van der Waals surface area (Å²) in [5, 5.41) is 20.9. The molecule has 0 aliphatic heterocycles. The van der Waals surface area contributed by atoms with Crippen LogP contribution in [0.5, 0.6) is 0 Å². The number of ether oxygens (including phenoxy) is 3. The number of carbonyl (C=O) groups excluding carboxylic acids is 2. The van der Waals surface area contributed by atoms with Crippen LogP contribution < -0.4 is 5.11 Å². The summed E-state index contributed by atoms with van der Waals surface area (Å²) in [6.07, 6.45) is 10.6. The molecular formula is C23H43NO7. The standard InChI is InChI=1S/C23H43NO7/c1-5-6-7-8-9-10-11-12-13-14-15-21(26)30-18-20(25)19-31-23(22(27)28)29-17-16-24(2,3)4/h7-8,20,23,25H,5-6,9-19H2,1-4H3/b8-7-. The third-order valence-electron chi connectivity index (χ3n) is 4.47. The number of aliphatic carboxylic acids is 1. The first-order chi connectivity index (χ1) is 14.7. The highest BCUT2D eigenvalue weighted by atomic mass is 16.7.